The van der Waals surface area contributed by atoms with Gasteiger partial charge in [0.25, 0.3) is 0 Å². The van der Waals surface area contributed by atoms with Gasteiger partial charge in [-0.05, 0) is 18.6 Å². The van der Waals surface area contributed by atoms with Crippen LogP contribution in [0.5, 0.6) is 0 Å². The topological polar surface area (TPSA) is 64.6 Å². The number of amides is 1. The Kier molecular flexibility index (Phi) is 5.13. The van der Waals surface area contributed by atoms with E-state index in [1.165, 1.54) is 6.33 Å². The highest BCUT2D eigenvalue weighted by Gasteiger charge is 2.38. The zero-order valence-corrected chi connectivity index (χ0v) is 16.1. The highest BCUT2D eigenvalue weighted by Crippen LogP contribution is 2.30. The lowest BCUT2D eigenvalue weighted by molar-refractivity contribution is -0.121. The zero-order valence-electron chi connectivity index (χ0n) is 15.3. The molecule has 2 aliphatic heterocycles. The molecule has 2 saturated heterocycles. The molecule has 1 aromatic carbocycles. The summed E-state index contributed by atoms with van der Waals surface area (Å²) < 4.78 is 0. The summed E-state index contributed by atoms with van der Waals surface area (Å²) in [5, 5.41) is 3.51. The van der Waals surface area contributed by atoms with Gasteiger partial charge < -0.3 is 15.1 Å². The van der Waals surface area contributed by atoms with Gasteiger partial charge in [0.1, 0.15) is 12.0 Å². The smallest absolute Gasteiger partial charge is 0.244 e. The van der Waals surface area contributed by atoms with Crippen LogP contribution in [0.2, 0.25) is 5.15 Å². The van der Waals surface area contributed by atoms with Gasteiger partial charge in [0.05, 0.1) is 6.04 Å². The van der Waals surface area contributed by atoms with Crippen LogP contribution in [-0.2, 0) is 4.79 Å². The van der Waals surface area contributed by atoms with Gasteiger partial charge in [-0.3, -0.25) is 9.69 Å². The van der Waals surface area contributed by atoms with Crippen LogP contribution in [0.4, 0.5) is 17.2 Å². The van der Waals surface area contributed by atoms with Crippen molar-refractivity contribution in [3.63, 3.8) is 0 Å². The Bertz CT molecular complexity index is 809. The Morgan fingerprint density at radius 1 is 1.07 bits per heavy atom. The number of nitrogens with one attached hydrogen (secondary N) is 1. The van der Waals surface area contributed by atoms with Gasteiger partial charge in [-0.15, -0.1) is 0 Å². The van der Waals surface area contributed by atoms with Crippen molar-refractivity contribution in [3.8, 4) is 0 Å². The van der Waals surface area contributed by atoms with Crippen LogP contribution in [0.15, 0.2) is 36.7 Å². The summed E-state index contributed by atoms with van der Waals surface area (Å²) in [7, 11) is 1.82. The molecule has 8 heteroatoms. The van der Waals surface area contributed by atoms with Gasteiger partial charge in [-0.2, -0.15) is 0 Å². The third-order valence-electron chi connectivity index (χ3n) is 5.33. The van der Waals surface area contributed by atoms with Gasteiger partial charge in [0.15, 0.2) is 11.0 Å². The third kappa shape index (κ3) is 3.44. The summed E-state index contributed by atoms with van der Waals surface area (Å²) in [5.41, 5.74) is 1.73. The molecule has 142 valence electrons. The number of piperazine rings is 1. The number of benzene rings is 1. The van der Waals surface area contributed by atoms with E-state index < -0.39 is 0 Å². The maximum Gasteiger partial charge on any atom is 0.244 e. The zero-order chi connectivity index (χ0) is 18.8. The Morgan fingerprint density at radius 3 is 2.52 bits per heavy atom. The molecule has 0 saturated carbocycles. The minimum Gasteiger partial charge on any atom is -0.383 e. The molecule has 1 N–H and O–H groups in total. The number of nitrogens with zero attached hydrogens (tertiary/aromatic N) is 5. The summed E-state index contributed by atoms with van der Waals surface area (Å²) in [6.07, 6.45) is 2.36. The fraction of sp³-hybridized carbons (Fsp3) is 0.421. The standard InChI is InChI=1S/C19H23ClN6O/c1-21-16-17(20)22-13-23-18(16)25-11-9-24(10-12-25)15-7-8-26(19(15)27)14-5-3-2-4-6-14/h2-6,13,15,21H,7-12H2,1H3. The molecule has 1 amide bonds. The molecule has 1 aromatic heterocycles. The summed E-state index contributed by atoms with van der Waals surface area (Å²) in [6, 6.07) is 9.87. The third-order valence-corrected chi connectivity index (χ3v) is 5.62. The molecule has 0 aliphatic carbocycles. The summed E-state index contributed by atoms with van der Waals surface area (Å²) in [4.78, 5) is 27.8. The molecule has 0 spiro atoms. The lowest BCUT2D eigenvalue weighted by atomic mass is 10.1. The molecule has 1 unspecified atom stereocenters. The molecule has 1 atom stereocenters. The molecule has 4 rings (SSSR count). The average molecular weight is 387 g/mol. The Labute approximate surface area is 163 Å². The second-order valence-electron chi connectivity index (χ2n) is 6.77. The largest absolute Gasteiger partial charge is 0.383 e. The Hall–Kier alpha value is -2.38. The fourth-order valence-corrected chi connectivity index (χ4v) is 4.15. The van der Waals surface area contributed by atoms with E-state index in [9.17, 15) is 4.79 Å². The average Bonchev–Trinajstić information content (AvgIpc) is 3.10. The van der Waals surface area contributed by atoms with Crippen LogP contribution in [0.3, 0.4) is 0 Å². The van der Waals surface area contributed by atoms with Crippen molar-refractivity contribution < 1.29 is 4.79 Å². The number of rotatable bonds is 4. The van der Waals surface area contributed by atoms with Crippen molar-refractivity contribution in [1.29, 1.82) is 0 Å². The summed E-state index contributed by atoms with van der Waals surface area (Å²) in [6.45, 7) is 4.03. The van der Waals surface area contributed by atoms with E-state index in [-0.39, 0.29) is 11.9 Å². The predicted octanol–water partition coefficient (Wildman–Crippen LogP) is 2.10. The first-order valence-corrected chi connectivity index (χ1v) is 9.60. The molecule has 2 aromatic rings. The minimum atomic E-state index is -0.0369. The van der Waals surface area contributed by atoms with Crippen LogP contribution < -0.4 is 15.1 Å². The van der Waals surface area contributed by atoms with Crippen molar-refractivity contribution in [2.24, 2.45) is 0 Å². The molecular weight excluding hydrogens is 364 g/mol. The highest BCUT2D eigenvalue weighted by atomic mass is 35.5. The monoisotopic (exact) mass is 386 g/mol. The molecule has 2 aliphatic rings. The number of carbonyl (C=O) groups is 1. The SMILES string of the molecule is CNc1c(Cl)ncnc1N1CCN(C2CCN(c3ccccc3)C2=O)CC1. The van der Waals surface area contributed by atoms with E-state index in [1.54, 1.807) is 0 Å². The normalized spacial score (nSPS) is 21.0. The van der Waals surface area contributed by atoms with Gasteiger partial charge >= 0.3 is 0 Å². The van der Waals surface area contributed by atoms with Gasteiger partial charge in [-0.1, -0.05) is 29.8 Å². The van der Waals surface area contributed by atoms with Crippen molar-refractivity contribution in [3.05, 3.63) is 41.8 Å². The number of hydrogen-bond donors (Lipinski definition) is 1. The summed E-state index contributed by atoms with van der Waals surface area (Å²) in [5.74, 6) is 1.02. The number of aromatic nitrogens is 2. The molecule has 27 heavy (non-hydrogen) atoms. The number of anilines is 3. The van der Waals surface area contributed by atoms with E-state index in [0.29, 0.717) is 5.15 Å². The van der Waals surface area contributed by atoms with Crippen LogP contribution in [0, 0.1) is 0 Å². The number of halogens is 1. The van der Waals surface area contributed by atoms with E-state index in [0.717, 1.165) is 56.3 Å². The highest BCUT2D eigenvalue weighted by molar-refractivity contribution is 6.32. The van der Waals surface area contributed by atoms with Crippen LogP contribution in [-0.4, -0.2) is 66.6 Å². The van der Waals surface area contributed by atoms with E-state index >= 15 is 0 Å². The molecule has 0 radical (unpaired) electrons. The first-order valence-electron chi connectivity index (χ1n) is 9.22. The fourth-order valence-electron chi connectivity index (χ4n) is 3.92. The maximum absolute atomic E-state index is 12.9. The van der Waals surface area contributed by atoms with Gasteiger partial charge in [0.2, 0.25) is 5.91 Å². The molecular formula is C19H23ClN6O. The number of para-hydroxylation sites is 1. The summed E-state index contributed by atoms with van der Waals surface area (Å²) >= 11 is 6.17. The molecule has 2 fully saturated rings. The van der Waals surface area contributed by atoms with Crippen LogP contribution in [0.1, 0.15) is 6.42 Å². The first kappa shape index (κ1) is 18.0. The van der Waals surface area contributed by atoms with Gasteiger partial charge in [0, 0.05) is 45.5 Å². The lowest BCUT2D eigenvalue weighted by Gasteiger charge is -2.38. The number of hydrogen-bond acceptors (Lipinski definition) is 6. The maximum atomic E-state index is 12.9. The minimum absolute atomic E-state index is 0.0369. The van der Waals surface area contributed by atoms with Crippen LogP contribution in [0.25, 0.3) is 0 Å². The van der Waals surface area contributed by atoms with E-state index in [2.05, 4.69) is 25.1 Å². The Morgan fingerprint density at radius 2 is 1.81 bits per heavy atom. The van der Waals surface area contributed by atoms with E-state index in [4.69, 9.17) is 11.6 Å². The van der Waals surface area contributed by atoms with Crippen LogP contribution >= 0.6 is 11.6 Å². The predicted molar refractivity (Wildman–Crippen MR) is 108 cm³/mol. The van der Waals surface area contributed by atoms with Crippen molar-refractivity contribution in [2.75, 3.05) is 54.9 Å². The molecule has 7 nitrogen and oxygen atoms in total. The van der Waals surface area contributed by atoms with Gasteiger partial charge in [-0.25, -0.2) is 9.97 Å². The van der Waals surface area contributed by atoms with Crippen molar-refractivity contribution in [2.45, 2.75) is 12.5 Å². The lowest BCUT2D eigenvalue weighted by Crippen LogP contribution is -2.53. The Balaban J connectivity index is 1.42. The second-order valence-corrected chi connectivity index (χ2v) is 7.12. The van der Waals surface area contributed by atoms with Crippen molar-refractivity contribution in [1.82, 2.24) is 14.9 Å². The first-order chi connectivity index (χ1) is 13.2. The van der Waals surface area contributed by atoms with Crippen molar-refractivity contribution >= 4 is 34.7 Å². The number of carbonyl (C=O) groups excluding carboxylic acids is 1. The second kappa shape index (κ2) is 7.70. The molecule has 3 heterocycles. The molecule has 0 bridgehead atoms. The van der Waals surface area contributed by atoms with E-state index in [1.807, 2.05) is 42.3 Å². The quantitative estimate of drug-likeness (QED) is 0.812.